The van der Waals surface area contributed by atoms with Gasteiger partial charge in [-0.2, -0.15) is 0 Å². The van der Waals surface area contributed by atoms with Crippen LogP contribution in [0, 0.1) is 12.7 Å². The fraction of sp³-hybridized carbons (Fsp3) is 0.333. The van der Waals surface area contributed by atoms with E-state index in [1.165, 1.54) is 17.0 Å². The second-order valence-electron chi connectivity index (χ2n) is 12.4. The third-order valence-corrected chi connectivity index (χ3v) is 10.6. The molecule has 0 radical (unpaired) electrons. The smallest absolute Gasteiger partial charge is 0.264 e. The van der Waals surface area contributed by atoms with Crippen LogP contribution in [-0.4, -0.2) is 50.4 Å². The maximum absolute atomic E-state index is 14.7. The molecule has 1 aliphatic carbocycles. The molecule has 8 nitrogen and oxygen atoms in total. The lowest BCUT2D eigenvalue weighted by Crippen LogP contribution is -2.55. The molecule has 0 aromatic heterocycles. The summed E-state index contributed by atoms with van der Waals surface area (Å²) in [6, 6.07) is 27.2. The van der Waals surface area contributed by atoms with E-state index >= 15 is 0 Å². The number of nitrogens with zero attached hydrogens (tertiary/aromatic N) is 2. The van der Waals surface area contributed by atoms with Gasteiger partial charge in [0.2, 0.25) is 11.8 Å². The molecule has 0 saturated heterocycles. The number of rotatable bonds is 14. The van der Waals surface area contributed by atoms with Gasteiger partial charge in [0.15, 0.2) is 0 Å². The number of benzene rings is 4. The van der Waals surface area contributed by atoms with Crippen LogP contribution in [0.2, 0.25) is 0 Å². The van der Waals surface area contributed by atoms with Crippen molar-refractivity contribution in [2.45, 2.75) is 75.9 Å². The van der Waals surface area contributed by atoms with E-state index in [0.717, 1.165) is 65.2 Å². The third kappa shape index (κ3) is 9.47. The molecule has 258 valence electrons. The van der Waals surface area contributed by atoms with E-state index in [-0.39, 0.29) is 35.5 Å². The molecule has 1 aliphatic rings. The molecular weight excluding hydrogens is 642 g/mol. The second-order valence-corrected chi connectivity index (χ2v) is 14.3. The maximum Gasteiger partial charge on any atom is 0.264 e. The topological polar surface area (TPSA) is 96.0 Å². The molecule has 49 heavy (non-hydrogen) atoms. The second kappa shape index (κ2) is 16.6. The van der Waals surface area contributed by atoms with Crippen LogP contribution in [0.5, 0.6) is 5.75 Å². The van der Waals surface area contributed by atoms with Gasteiger partial charge in [-0.15, -0.1) is 0 Å². The zero-order valence-electron chi connectivity index (χ0n) is 28.1. The van der Waals surface area contributed by atoms with Crippen LogP contribution in [0.1, 0.15) is 55.7 Å². The van der Waals surface area contributed by atoms with Gasteiger partial charge in [0.1, 0.15) is 24.2 Å². The van der Waals surface area contributed by atoms with Crippen molar-refractivity contribution in [3.8, 4) is 5.75 Å². The molecule has 5 rings (SSSR count). The third-order valence-electron chi connectivity index (χ3n) is 8.81. The monoisotopic (exact) mass is 685 g/mol. The highest BCUT2D eigenvalue weighted by Gasteiger charge is 2.35. The number of halogens is 1. The number of sulfonamides is 1. The largest absolute Gasteiger partial charge is 0.494 e. The number of amides is 2. The highest BCUT2D eigenvalue weighted by Crippen LogP contribution is 2.27. The Labute approximate surface area is 289 Å². The van der Waals surface area contributed by atoms with Gasteiger partial charge in [0.05, 0.1) is 17.2 Å². The molecule has 1 saturated carbocycles. The highest BCUT2D eigenvalue weighted by molar-refractivity contribution is 7.92. The van der Waals surface area contributed by atoms with Crippen molar-refractivity contribution in [3.63, 3.8) is 0 Å². The first-order valence-electron chi connectivity index (χ1n) is 16.8. The van der Waals surface area contributed by atoms with E-state index in [4.69, 9.17) is 4.74 Å². The number of anilines is 1. The average molecular weight is 686 g/mol. The fourth-order valence-electron chi connectivity index (χ4n) is 6.13. The lowest BCUT2D eigenvalue weighted by atomic mass is 9.94. The molecule has 1 N–H and O–H groups in total. The van der Waals surface area contributed by atoms with Gasteiger partial charge in [-0.3, -0.25) is 13.9 Å². The van der Waals surface area contributed by atoms with E-state index < -0.39 is 34.3 Å². The van der Waals surface area contributed by atoms with Crippen LogP contribution in [0.3, 0.4) is 0 Å². The van der Waals surface area contributed by atoms with Gasteiger partial charge < -0.3 is 15.0 Å². The van der Waals surface area contributed by atoms with Crippen molar-refractivity contribution in [2.75, 3.05) is 17.5 Å². The Morgan fingerprint density at radius 2 is 1.51 bits per heavy atom. The molecule has 0 bridgehead atoms. The summed E-state index contributed by atoms with van der Waals surface area (Å²) in [7, 11) is -4.35. The number of carbonyl (C=O) groups excluding carboxylic acids is 2. The van der Waals surface area contributed by atoms with Gasteiger partial charge in [0.25, 0.3) is 10.0 Å². The predicted octanol–water partition coefficient (Wildman–Crippen LogP) is 6.82. The Balaban J connectivity index is 1.56. The fourth-order valence-corrected chi connectivity index (χ4v) is 7.54. The Bertz CT molecular complexity index is 1780. The summed E-state index contributed by atoms with van der Waals surface area (Å²) in [6.07, 6.45) is 5.16. The molecule has 1 atom stereocenters. The average Bonchev–Trinajstić information content (AvgIpc) is 3.11. The van der Waals surface area contributed by atoms with Crippen molar-refractivity contribution in [1.29, 1.82) is 0 Å². The quantitative estimate of drug-likeness (QED) is 0.157. The minimum absolute atomic E-state index is 0.00931. The summed E-state index contributed by atoms with van der Waals surface area (Å²) in [6.45, 7) is 3.73. The number of aryl methyl sites for hydroxylation is 1. The van der Waals surface area contributed by atoms with Crippen LogP contribution in [-0.2, 0) is 32.6 Å². The number of ether oxygens (including phenoxy) is 1. The van der Waals surface area contributed by atoms with Gasteiger partial charge in [0, 0.05) is 19.0 Å². The summed E-state index contributed by atoms with van der Waals surface area (Å²) in [5.74, 6) is -0.871. The number of hydrogen-bond donors (Lipinski definition) is 1. The van der Waals surface area contributed by atoms with Crippen LogP contribution in [0.15, 0.2) is 108 Å². The normalized spacial score (nSPS) is 14.1. The number of carbonyl (C=O) groups is 2. The molecular formula is C39H44FN3O5S. The van der Waals surface area contributed by atoms with Crippen molar-refractivity contribution in [3.05, 3.63) is 126 Å². The van der Waals surface area contributed by atoms with Crippen LogP contribution >= 0.6 is 0 Å². The molecule has 4 aromatic rings. The number of nitrogens with one attached hydrogen (secondary N) is 1. The Morgan fingerprint density at radius 1 is 0.857 bits per heavy atom. The van der Waals surface area contributed by atoms with E-state index in [2.05, 4.69) is 5.32 Å². The summed E-state index contributed by atoms with van der Waals surface area (Å²) < 4.78 is 48.8. The molecule has 0 heterocycles. The number of hydrogen-bond acceptors (Lipinski definition) is 5. The molecule has 4 aromatic carbocycles. The lowest BCUT2D eigenvalue weighted by molar-refractivity contribution is -0.140. The first-order valence-corrected chi connectivity index (χ1v) is 18.3. The molecule has 1 unspecified atom stereocenters. The maximum atomic E-state index is 14.7. The van der Waals surface area contributed by atoms with Crippen molar-refractivity contribution in [1.82, 2.24) is 10.2 Å². The molecule has 10 heteroatoms. The van der Waals surface area contributed by atoms with Crippen LogP contribution < -0.4 is 14.4 Å². The van der Waals surface area contributed by atoms with E-state index in [0.29, 0.717) is 12.4 Å². The van der Waals surface area contributed by atoms with Gasteiger partial charge >= 0.3 is 0 Å². The van der Waals surface area contributed by atoms with E-state index in [9.17, 15) is 22.4 Å². The van der Waals surface area contributed by atoms with Crippen LogP contribution in [0.25, 0.3) is 0 Å². The van der Waals surface area contributed by atoms with Crippen molar-refractivity contribution in [2.24, 2.45) is 0 Å². The first-order chi connectivity index (χ1) is 23.6. The molecule has 1 fully saturated rings. The summed E-state index contributed by atoms with van der Waals surface area (Å²) in [5.41, 5.74) is 2.94. The Morgan fingerprint density at radius 3 is 2.14 bits per heavy atom. The SMILES string of the molecule is CCOc1ccc(N(CC(=O)N(Cc2ccc(C)cc2)C(Cc2ccccc2)C(=O)NC2CCCCC2)S(=O)(=O)c2ccc(F)cc2)cc1. The zero-order valence-corrected chi connectivity index (χ0v) is 28.9. The Kier molecular flexibility index (Phi) is 12.1. The highest BCUT2D eigenvalue weighted by atomic mass is 32.2. The van der Waals surface area contributed by atoms with Crippen molar-refractivity contribution < 1.29 is 27.1 Å². The van der Waals surface area contributed by atoms with Gasteiger partial charge in [-0.05, 0) is 86.3 Å². The van der Waals surface area contributed by atoms with E-state index in [1.54, 1.807) is 24.3 Å². The Hall–Kier alpha value is -4.70. The summed E-state index contributed by atoms with van der Waals surface area (Å²) in [5, 5.41) is 3.22. The summed E-state index contributed by atoms with van der Waals surface area (Å²) in [4.78, 5) is 30.2. The lowest BCUT2D eigenvalue weighted by Gasteiger charge is -2.35. The zero-order chi connectivity index (χ0) is 34.8. The molecule has 2 amide bonds. The minimum atomic E-state index is -4.35. The van der Waals surface area contributed by atoms with Crippen molar-refractivity contribution >= 4 is 27.5 Å². The summed E-state index contributed by atoms with van der Waals surface area (Å²) >= 11 is 0. The van der Waals surface area contributed by atoms with Crippen LogP contribution in [0.4, 0.5) is 10.1 Å². The first kappa shape index (κ1) is 35.6. The van der Waals surface area contributed by atoms with E-state index in [1.807, 2.05) is 68.4 Å². The molecule has 0 aliphatic heterocycles. The van der Waals surface area contributed by atoms with Gasteiger partial charge in [-0.1, -0.05) is 79.4 Å². The minimum Gasteiger partial charge on any atom is -0.494 e. The van der Waals surface area contributed by atoms with Gasteiger partial charge in [-0.25, -0.2) is 12.8 Å². The predicted molar refractivity (Wildman–Crippen MR) is 189 cm³/mol. The molecule has 0 spiro atoms. The standard InChI is InChI=1S/C39H44FN3O5S/c1-3-48-35-22-20-34(21-23-35)43(49(46,47)36-24-18-32(40)19-25-36)28-38(44)42(27-31-16-14-29(2)15-17-31)37(26-30-10-6-4-7-11-30)39(45)41-33-12-8-5-9-13-33/h4,6-7,10-11,14-25,33,37H,3,5,8-9,12-13,26-28H2,1-2H3,(H,41,45).